The Morgan fingerprint density at radius 3 is 2.41 bits per heavy atom. The SMILES string of the molecule is O=C(CN1CCCCCCC1)N1CCC(c2ncn[nH]2)CC1. The molecule has 0 aliphatic carbocycles. The fourth-order valence-corrected chi connectivity index (χ4v) is 3.58. The molecule has 3 heterocycles. The molecule has 1 amide bonds. The molecule has 0 spiro atoms. The molecule has 2 aliphatic rings. The quantitative estimate of drug-likeness (QED) is 0.924. The molecule has 0 saturated carbocycles. The van der Waals surface area contributed by atoms with E-state index in [0.717, 1.165) is 44.8 Å². The molecule has 1 N–H and O–H groups in total. The van der Waals surface area contributed by atoms with Crippen LogP contribution in [0.1, 0.15) is 56.7 Å². The van der Waals surface area contributed by atoms with Crippen molar-refractivity contribution in [1.82, 2.24) is 25.0 Å². The summed E-state index contributed by atoms with van der Waals surface area (Å²) in [5.74, 6) is 1.70. The lowest BCUT2D eigenvalue weighted by Gasteiger charge is -2.33. The second-order valence-electron chi connectivity index (χ2n) is 6.57. The minimum absolute atomic E-state index is 0.302. The summed E-state index contributed by atoms with van der Waals surface area (Å²) in [6.07, 6.45) is 10.00. The highest BCUT2D eigenvalue weighted by atomic mass is 16.2. The molecule has 2 fully saturated rings. The van der Waals surface area contributed by atoms with Gasteiger partial charge in [-0.2, -0.15) is 5.10 Å². The van der Waals surface area contributed by atoms with Crippen molar-refractivity contribution in [2.24, 2.45) is 0 Å². The van der Waals surface area contributed by atoms with Gasteiger partial charge in [0.15, 0.2) is 0 Å². The summed E-state index contributed by atoms with van der Waals surface area (Å²) in [7, 11) is 0. The van der Waals surface area contributed by atoms with Crippen LogP contribution in [0.5, 0.6) is 0 Å². The Labute approximate surface area is 132 Å². The topological polar surface area (TPSA) is 65.1 Å². The van der Waals surface area contributed by atoms with Crippen LogP contribution >= 0.6 is 0 Å². The van der Waals surface area contributed by atoms with Crippen molar-refractivity contribution in [2.45, 2.75) is 50.9 Å². The number of rotatable bonds is 3. The van der Waals surface area contributed by atoms with Gasteiger partial charge in [0.2, 0.25) is 5.91 Å². The molecule has 0 unspecified atom stereocenters. The van der Waals surface area contributed by atoms with Crippen LogP contribution < -0.4 is 0 Å². The van der Waals surface area contributed by atoms with Crippen molar-refractivity contribution < 1.29 is 4.79 Å². The summed E-state index contributed by atoms with van der Waals surface area (Å²) in [5, 5.41) is 6.88. The molecule has 2 saturated heterocycles. The van der Waals surface area contributed by atoms with Gasteiger partial charge in [0, 0.05) is 19.0 Å². The normalized spacial score (nSPS) is 22.3. The lowest BCUT2D eigenvalue weighted by molar-refractivity contribution is -0.133. The fourth-order valence-electron chi connectivity index (χ4n) is 3.58. The third-order valence-electron chi connectivity index (χ3n) is 4.98. The smallest absolute Gasteiger partial charge is 0.236 e. The summed E-state index contributed by atoms with van der Waals surface area (Å²) in [5.41, 5.74) is 0. The van der Waals surface area contributed by atoms with E-state index in [-0.39, 0.29) is 0 Å². The summed E-state index contributed by atoms with van der Waals surface area (Å²) >= 11 is 0. The lowest BCUT2D eigenvalue weighted by Crippen LogP contribution is -2.44. The number of H-pyrrole nitrogens is 1. The second kappa shape index (κ2) is 7.72. The Hall–Kier alpha value is -1.43. The minimum atomic E-state index is 0.302. The molecule has 22 heavy (non-hydrogen) atoms. The number of hydrogen-bond acceptors (Lipinski definition) is 4. The minimum Gasteiger partial charge on any atom is -0.342 e. The number of aromatic nitrogens is 3. The Bertz CT molecular complexity index is 445. The third-order valence-corrected chi connectivity index (χ3v) is 4.98. The summed E-state index contributed by atoms with van der Waals surface area (Å²) in [4.78, 5) is 21.1. The van der Waals surface area contributed by atoms with Crippen molar-refractivity contribution in [1.29, 1.82) is 0 Å². The van der Waals surface area contributed by atoms with Crippen molar-refractivity contribution in [2.75, 3.05) is 32.7 Å². The summed E-state index contributed by atoms with van der Waals surface area (Å²) in [6, 6.07) is 0. The Kier molecular flexibility index (Phi) is 5.43. The molecule has 0 aromatic carbocycles. The molecule has 3 rings (SSSR count). The molecule has 6 nitrogen and oxygen atoms in total. The van der Waals surface area contributed by atoms with Crippen molar-refractivity contribution >= 4 is 5.91 Å². The van der Waals surface area contributed by atoms with Crippen LogP contribution in [-0.2, 0) is 4.79 Å². The zero-order valence-electron chi connectivity index (χ0n) is 13.3. The van der Waals surface area contributed by atoms with Crippen LogP contribution in [0, 0.1) is 0 Å². The number of amides is 1. The highest BCUT2D eigenvalue weighted by molar-refractivity contribution is 5.78. The monoisotopic (exact) mass is 305 g/mol. The molecule has 2 aliphatic heterocycles. The fraction of sp³-hybridized carbons (Fsp3) is 0.812. The molecule has 1 aromatic rings. The largest absolute Gasteiger partial charge is 0.342 e. The maximum absolute atomic E-state index is 12.5. The predicted molar refractivity (Wildman–Crippen MR) is 84.5 cm³/mol. The molecule has 0 atom stereocenters. The summed E-state index contributed by atoms with van der Waals surface area (Å²) < 4.78 is 0. The van der Waals surface area contributed by atoms with Crippen molar-refractivity contribution in [3.8, 4) is 0 Å². The number of carbonyl (C=O) groups is 1. The first-order chi connectivity index (χ1) is 10.8. The van der Waals surface area contributed by atoms with Gasteiger partial charge >= 0.3 is 0 Å². The van der Waals surface area contributed by atoms with Gasteiger partial charge in [-0.05, 0) is 38.8 Å². The van der Waals surface area contributed by atoms with Gasteiger partial charge < -0.3 is 4.90 Å². The predicted octanol–water partition coefficient (Wildman–Crippen LogP) is 1.78. The van der Waals surface area contributed by atoms with E-state index in [9.17, 15) is 4.79 Å². The van der Waals surface area contributed by atoms with E-state index in [1.807, 2.05) is 4.90 Å². The number of carbonyl (C=O) groups excluding carboxylic acids is 1. The maximum Gasteiger partial charge on any atom is 0.236 e. The van der Waals surface area contributed by atoms with Crippen LogP contribution in [-0.4, -0.2) is 63.6 Å². The highest BCUT2D eigenvalue weighted by Gasteiger charge is 2.26. The molecular weight excluding hydrogens is 278 g/mol. The maximum atomic E-state index is 12.5. The second-order valence-corrected chi connectivity index (χ2v) is 6.57. The zero-order chi connectivity index (χ0) is 15.2. The van der Waals surface area contributed by atoms with Gasteiger partial charge in [-0.3, -0.25) is 14.8 Å². The van der Waals surface area contributed by atoms with Crippen LogP contribution in [0.4, 0.5) is 0 Å². The van der Waals surface area contributed by atoms with Crippen molar-refractivity contribution in [3.63, 3.8) is 0 Å². The van der Waals surface area contributed by atoms with Gasteiger partial charge in [0.1, 0.15) is 12.2 Å². The number of likely N-dealkylation sites (tertiary alicyclic amines) is 2. The highest BCUT2D eigenvalue weighted by Crippen LogP contribution is 2.25. The summed E-state index contributed by atoms with van der Waals surface area (Å²) in [6.45, 7) is 4.46. The van der Waals surface area contributed by atoms with E-state index >= 15 is 0 Å². The molecule has 122 valence electrons. The van der Waals surface area contributed by atoms with E-state index in [4.69, 9.17) is 0 Å². The van der Waals surface area contributed by atoms with Gasteiger partial charge in [-0.25, -0.2) is 4.98 Å². The average molecular weight is 305 g/mol. The molecule has 6 heteroatoms. The van der Waals surface area contributed by atoms with Gasteiger partial charge in [0.05, 0.1) is 6.54 Å². The average Bonchev–Trinajstić information content (AvgIpc) is 3.04. The van der Waals surface area contributed by atoms with Crippen LogP contribution in [0.2, 0.25) is 0 Å². The first-order valence-electron chi connectivity index (χ1n) is 8.68. The van der Waals surface area contributed by atoms with Crippen LogP contribution in [0.15, 0.2) is 6.33 Å². The first-order valence-corrected chi connectivity index (χ1v) is 8.68. The Balaban J connectivity index is 1.45. The molecule has 1 aromatic heterocycles. The van der Waals surface area contributed by atoms with E-state index in [1.165, 1.54) is 32.1 Å². The van der Waals surface area contributed by atoms with E-state index in [2.05, 4.69) is 20.1 Å². The van der Waals surface area contributed by atoms with Crippen LogP contribution in [0.25, 0.3) is 0 Å². The molecular formula is C16H27N5O. The third kappa shape index (κ3) is 4.06. The molecule has 0 bridgehead atoms. The lowest BCUT2D eigenvalue weighted by atomic mass is 9.96. The van der Waals surface area contributed by atoms with E-state index in [0.29, 0.717) is 18.4 Å². The zero-order valence-corrected chi connectivity index (χ0v) is 13.3. The molecule has 0 radical (unpaired) electrons. The van der Waals surface area contributed by atoms with Crippen molar-refractivity contribution in [3.05, 3.63) is 12.2 Å². The number of nitrogens with one attached hydrogen (secondary N) is 1. The number of aromatic amines is 1. The first kappa shape index (κ1) is 15.5. The van der Waals surface area contributed by atoms with Gasteiger partial charge in [0.25, 0.3) is 0 Å². The number of hydrogen-bond donors (Lipinski definition) is 1. The Morgan fingerprint density at radius 2 is 1.77 bits per heavy atom. The van der Waals surface area contributed by atoms with E-state index in [1.54, 1.807) is 6.33 Å². The Morgan fingerprint density at radius 1 is 1.09 bits per heavy atom. The van der Waals surface area contributed by atoms with Gasteiger partial charge in [-0.15, -0.1) is 0 Å². The van der Waals surface area contributed by atoms with Crippen LogP contribution in [0.3, 0.4) is 0 Å². The van der Waals surface area contributed by atoms with E-state index < -0.39 is 0 Å². The number of piperidine rings is 1. The standard InChI is InChI=1S/C16H27N5O/c22-15(12-20-8-4-2-1-3-5-9-20)21-10-6-14(7-11-21)16-17-13-18-19-16/h13-14H,1-12H2,(H,17,18,19). The van der Waals surface area contributed by atoms with Gasteiger partial charge in [-0.1, -0.05) is 19.3 Å². The number of nitrogens with zero attached hydrogens (tertiary/aromatic N) is 4.